The molecule has 0 aromatic heterocycles. The summed E-state index contributed by atoms with van der Waals surface area (Å²) in [5.41, 5.74) is 15.3. The lowest BCUT2D eigenvalue weighted by Crippen LogP contribution is -2.61. The van der Waals surface area contributed by atoms with E-state index in [1.54, 1.807) is 19.1 Å². The van der Waals surface area contributed by atoms with Crippen LogP contribution in [0, 0.1) is 18.6 Å². The molecule has 0 aliphatic carbocycles. The van der Waals surface area contributed by atoms with Crippen LogP contribution < -0.4 is 11.5 Å². The van der Waals surface area contributed by atoms with E-state index >= 15 is 0 Å². The first-order chi connectivity index (χ1) is 20.8. The lowest BCUT2D eigenvalue weighted by atomic mass is 10.00. The van der Waals surface area contributed by atoms with E-state index in [-0.39, 0.29) is 42.2 Å². The monoisotopic (exact) mass is 607 g/mol. The maximum absolute atomic E-state index is 14.1. The van der Waals surface area contributed by atoms with Crippen LogP contribution in [0.25, 0.3) is 0 Å². The second-order valence-corrected chi connectivity index (χ2v) is 11.9. The topological polar surface area (TPSA) is 127 Å². The number of nitrogens with two attached hydrogens (primary N) is 2. The number of amides is 4. The molecule has 1 aliphatic rings. The van der Waals surface area contributed by atoms with Crippen LogP contribution in [0.5, 0.6) is 0 Å². The third kappa shape index (κ3) is 7.20. The number of imide groups is 1. The number of carbonyl (C=O) groups excluding carboxylic acids is 3. The summed E-state index contributed by atoms with van der Waals surface area (Å²) in [5, 5.41) is 11.1. The Morgan fingerprint density at radius 2 is 1.66 bits per heavy atom. The number of rotatable bonds is 10. The molecule has 10 heteroatoms. The maximum Gasteiger partial charge on any atom is 0.421 e. The van der Waals surface area contributed by atoms with Crippen molar-refractivity contribution in [3.63, 3.8) is 0 Å². The van der Waals surface area contributed by atoms with Gasteiger partial charge in [-0.1, -0.05) is 31.2 Å². The summed E-state index contributed by atoms with van der Waals surface area (Å²) in [4.78, 5) is 41.9. The summed E-state index contributed by atoms with van der Waals surface area (Å²) in [6, 6.07) is 13.6. The number of nitrogens with zero attached hydrogens (tertiary/aromatic N) is 2. The van der Waals surface area contributed by atoms with Crippen molar-refractivity contribution < 1.29 is 32.8 Å². The van der Waals surface area contributed by atoms with Gasteiger partial charge in [-0.3, -0.25) is 4.79 Å². The minimum Gasteiger partial charge on any atom is -0.390 e. The van der Waals surface area contributed by atoms with Crippen LogP contribution in [0.2, 0.25) is 0 Å². The van der Waals surface area contributed by atoms with Crippen LogP contribution in [0.1, 0.15) is 69.7 Å². The van der Waals surface area contributed by atoms with E-state index in [9.17, 15) is 28.3 Å². The van der Waals surface area contributed by atoms with Gasteiger partial charge in [-0.15, -0.1) is 0 Å². The van der Waals surface area contributed by atoms with Gasteiger partial charge in [0.15, 0.2) is 0 Å². The summed E-state index contributed by atoms with van der Waals surface area (Å²) < 4.78 is 27.0. The second-order valence-electron chi connectivity index (χ2n) is 11.9. The number of aryl methyl sites for hydroxylation is 2. The number of halogens is 2. The number of likely N-dealkylation sites (tertiary alicyclic amines) is 1. The highest BCUT2D eigenvalue weighted by Gasteiger charge is 2.51. The molecule has 1 saturated heterocycles. The van der Waals surface area contributed by atoms with Crippen LogP contribution >= 0.6 is 0 Å². The predicted molar refractivity (Wildman–Crippen MR) is 164 cm³/mol. The Hall–Kier alpha value is -3.99. The second kappa shape index (κ2) is 13.8. The van der Waals surface area contributed by atoms with Gasteiger partial charge in [0.1, 0.15) is 17.7 Å². The number of primary amides is 1. The van der Waals surface area contributed by atoms with Crippen LogP contribution in [0.4, 0.5) is 13.6 Å². The lowest BCUT2D eigenvalue weighted by molar-refractivity contribution is -0.776. The van der Waals surface area contributed by atoms with Crippen molar-refractivity contribution in [2.45, 2.75) is 71.2 Å². The van der Waals surface area contributed by atoms with Gasteiger partial charge in [-0.25, -0.2) is 18.4 Å². The molecule has 1 heterocycles. The fourth-order valence-electron chi connectivity index (χ4n) is 6.13. The van der Waals surface area contributed by atoms with Gasteiger partial charge in [0, 0.05) is 43.6 Å². The number of hydrogen-bond donors (Lipinski definition) is 3. The smallest absolute Gasteiger partial charge is 0.390 e. The molecule has 1 unspecified atom stereocenters. The average molecular weight is 608 g/mol. The minimum atomic E-state index is -1.24. The summed E-state index contributed by atoms with van der Waals surface area (Å²) in [7, 11) is 0. The van der Waals surface area contributed by atoms with E-state index in [0.29, 0.717) is 24.9 Å². The van der Waals surface area contributed by atoms with Gasteiger partial charge < -0.3 is 21.5 Å². The van der Waals surface area contributed by atoms with Crippen LogP contribution in [-0.2, 0) is 19.4 Å². The summed E-state index contributed by atoms with van der Waals surface area (Å²) >= 11 is 0. The highest BCUT2D eigenvalue weighted by molar-refractivity contribution is 6.00. The van der Waals surface area contributed by atoms with Gasteiger partial charge in [-0.05, 0) is 79.3 Å². The number of hydrogen-bond acceptors (Lipinski definition) is 5. The Kier molecular flexibility index (Phi) is 10.3. The van der Waals surface area contributed by atoms with Crippen molar-refractivity contribution in [3.8, 4) is 0 Å². The first-order valence-corrected chi connectivity index (χ1v) is 14.9. The molecule has 1 aliphatic heterocycles. The number of carbonyl (C=O) groups is 3. The molecule has 1 fully saturated rings. The highest BCUT2D eigenvalue weighted by Crippen LogP contribution is 2.30. The van der Waals surface area contributed by atoms with Crippen molar-refractivity contribution in [2.75, 3.05) is 13.1 Å². The van der Waals surface area contributed by atoms with Crippen molar-refractivity contribution >= 4 is 17.8 Å². The molecule has 8 nitrogen and oxygen atoms in total. The zero-order valence-electron chi connectivity index (χ0n) is 25.4. The van der Waals surface area contributed by atoms with Gasteiger partial charge >= 0.3 is 11.9 Å². The molecule has 0 saturated carbocycles. The van der Waals surface area contributed by atoms with Crippen molar-refractivity contribution in [1.29, 1.82) is 0 Å². The van der Waals surface area contributed by atoms with Gasteiger partial charge in [0.05, 0.1) is 18.2 Å². The molecule has 5 N–H and O–H groups in total. The molecule has 0 spiro atoms. The summed E-state index contributed by atoms with van der Waals surface area (Å²) in [5.74, 6) is -2.40. The van der Waals surface area contributed by atoms with E-state index in [4.69, 9.17) is 11.5 Å². The van der Waals surface area contributed by atoms with Gasteiger partial charge in [0.25, 0.3) is 5.91 Å². The number of aliphatic hydroxyl groups excluding tert-OH is 1. The number of urea groups is 1. The Bertz CT molecular complexity index is 1530. The van der Waals surface area contributed by atoms with E-state index in [1.807, 2.05) is 38.1 Å². The van der Waals surface area contributed by atoms with Gasteiger partial charge in [0.2, 0.25) is 0 Å². The zero-order chi connectivity index (χ0) is 32.2. The van der Waals surface area contributed by atoms with Crippen LogP contribution in [0.15, 0.2) is 60.7 Å². The Balaban J connectivity index is 1.65. The van der Waals surface area contributed by atoms with Gasteiger partial charge in [-0.2, -0.15) is 4.48 Å². The zero-order valence-corrected chi connectivity index (χ0v) is 25.4. The maximum atomic E-state index is 14.1. The highest BCUT2D eigenvalue weighted by atomic mass is 19.1. The molecular weight excluding hydrogens is 566 g/mol. The van der Waals surface area contributed by atoms with E-state index in [0.717, 1.165) is 35.7 Å². The average Bonchev–Trinajstić information content (AvgIpc) is 3.37. The lowest BCUT2D eigenvalue weighted by Gasteiger charge is -2.31. The summed E-state index contributed by atoms with van der Waals surface area (Å²) in [6.45, 7) is 5.87. The fourth-order valence-corrected chi connectivity index (χ4v) is 6.13. The van der Waals surface area contributed by atoms with Crippen molar-refractivity contribution in [2.24, 2.45) is 11.5 Å². The molecule has 4 amide bonds. The first-order valence-electron chi connectivity index (χ1n) is 14.9. The third-order valence-corrected chi connectivity index (χ3v) is 8.57. The van der Waals surface area contributed by atoms with Crippen molar-refractivity contribution in [3.05, 3.63) is 106 Å². The number of aliphatic hydroxyl groups is 1. The van der Waals surface area contributed by atoms with E-state index in [1.165, 1.54) is 11.0 Å². The molecular formula is C34H41F2N4O4+. The first kappa shape index (κ1) is 32.9. The normalized spacial score (nSPS) is 19.4. The standard InChI is InChI=1S/C34H40F2N4O4/c1-4-23-8-5-9-24(13-23)19-39(20-31(41)30(37)16-25-14-28(35)18-29(36)15-25)32(42)26-11-21(2)12-27(17-26)33(43)40(34(38)44)10-6-7-22(40)3/h5,8-9,11-15,17-18,22,30-31,41H,4,6-7,10,16,19-20,37H2,1-3H3,(H-,38,44)/p+1/t22-,30+,31-,40?/m1/s1. The van der Waals surface area contributed by atoms with Crippen LogP contribution in [0.3, 0.4) is 0 Å². The fraction of sp³-hybridized carbons (Fsp3) is 0.382. The Morgan fingerprint density at radius 1 is 1.00 bits per heavy atom. The predicted octanol–water partition coefficient (Wildman–Crippen LogP) is 4.63. The molecule has 3 aromatic rings. The minimum absolute atomic E-state index is 0.0163. The number of quaternary nitrogens is 1. The van der Waals surface area contributed by atoms with E-state index in [2.05, 4.69) is 0 Å². The van der Waals surface area contributed by atoms with Crippen LogP contribution in [-0.4, -0.2) is 63.6 Å². The largest absolute Gasteiger partial charge is 0.421 e. The molecule has 234 valence electrons. The molecule has 4 atom stereocenters. The summed E-state index contributed by atoms with van der Waals surface area (Å²) in [6.07, 6.45) is 0.897. The molecule has 0 bridgehead atoms. The third-order valence-electron chi connectivity index (χ3n) is 8.57. The molecule has 0 radical (unpaired) electrons. The molecule has 3 aromatic carbocycles. The SMILES string of the molecule is CCc1cccc(CN(C[C@@H](O)[C@@H](N)Cc2cc(F)cc(F)c2)C(=O)c2cc(C)cc(C(=O)[N+]3(C(N)=O)CCC[C@H]3C)c2)c1. The quantitative estimate of drug-likeness (QED) is 0.290. The van der Waals surface area contributed by atoms with Crippen molar-refractivity contribution in [1.82, 2.24) is 4.90 Å². The molecule has 4 rings (SSSR count). The molecule has 44 heavy (non-hydrogen) atoms. The Morgan fingerprint density at radius 3 is 2.27 bits per heavy atom. The number of benzene rings is 3. The Labute approximate surface area is 256 Å². The van der Waals surface area contributed by atoms with E-state index < -0.39 is 46.1 Å².